The third-order valence-electron chi connectivity index (χ3n) is 5.47. The van der Waals surface area contributed by atoms with E-state index in [4.69, 9.17) is 4.98 Å². The second-order valence-corrected chi connectivity index (χ2v) is 9.91. The fourth-order valence-corrected chi connectivity index (χ4v) is 3.93. The lowest BCUT2D eigenvalue weighted by atomic mass is 9.96. The molecule has 0 fully saturated rings. The summed E-state index contributed by atoms with van der Waals surface area (Å²) < 4.78 is 2.08. The van der Waals surface area contributed by atoms with Gasteiger partial charge in [-0.25, -0.2) is 4.98 Å². The molecule has 31 heavy (non-hydrogen) atoms. The number of amides is 2. The number of nitrogens with one attached hydrogen (secondary N) is 1. The van der Waals surface area contributed by atoms with Crippen molar-refractivity contribution in [2.45, 2.75) is 92.8 Å². The van der Waals surface area contributed by atoms with E-state index in [1.54, 1.807) is 0 Å². The fourth-order valence-electron chi connectivity index (χ4n) is 3.93. The van der Waals surface area contributed by atoms with Crippen LogP contribution in [-0.4, -0.2) is 44.9 Å². The van der Waals surface area contributed by atoms with Gasteiger partial charge in [0.05, 0.1) is 11.0 Å². The topological polar surface area (TPSA) is 67.2 Å². The van der Waals surface area contributed by atoms with E-state index in [0.29, 0.717) is 13.1 Å². The molecular formula is C25H40N4O2. The van der Waals surface area contributed by atoms with Gasteiger partial charge in [0.2, 0.25) is 11.8 Å². The summed E-state index contributed by atoms with van der Waals surface area (Å²) in [6, 6.07) is 8.34. The van der Waals surface area contributed by atoms with E-state index in [0.717, 1.165) is 42.5 Å². The zero-order valence-corrected chi connectivity index (χ0v) is 20.4. The molecule has 2 rings (SSSR count). The normalized spacial score (nSPS) is 12.0. The standard InChI is InChI=1S/C25H40N4O2/c1-18(2)29(19(3)4)23(30)17-28-21-14-11-10-13-20(21)27-22(28)15-9-8-12-16-26-24(31)25(5,6)7/h10-11,13-14,18-19H,8-9,12,15-17H2,1-7H3,(H,26,31). The molecule has 0 bridgehead atoms. The number of benzene rings is 1. The Morgan fingerprint density at radius 2 is 1.68 bits per heavy atom. The van der Waals surface area contributed by atoms with Crippen molar-refractivity contribution in [3.8, 4) is 0 Å². The van der Waals surface area contributed by atoms with Gasteiger partial charge in [-0.3, -0.25) is 9.59 Å². The van der Waals surface area contributed by atoms with E-state index < -0.39 is 0 Å². The number of carbonyl (C=O) groups excluding carboxylic acids is 2. The Labute approximate surface area is 187 Å². The number of carbonyl (C=O) groups is 2. The number of fused-ring (bicyclic) bond motifs is 1. The second-order valence-electron chi connectivity index (χ2n) is 9.91. The molecule has 1 N–H and O–H groups in total. The van der Waals surface area contributed by atoms with E-state index in [9.17, 15) is 9.59 Å². The van der Waals surface area contributed by atoms with Crippen LogP contribution in [0.3, 0.4) is 0 Å². The largest absolute Gasteiger partial charge is 0.356 e. The molecule has 0 saturated heterocycles. The molecule has 0 unspecified atom stereocenters. The zero-order valence-electron chi connectivity index (χ0n) is 20.4. The first-order chi connectivity index (χ1) is 14.5. The maximum Gasteiger partial charge on any atom is 0.243 e. The van der Waals surface area contributed by atoms with E-state index in [1.807, 2.05) is 49.9 Å². The maximum absolute atomic E-state index is 13.1. The summed E-state index contributed by atoms with van der Waals surface area (Å²) in [6.07, 6.45) is 3.74. The van der Waals surface area contributed by atoms with Gasteiger partial charge in [0.15, 0.2) is 0 Å². The van der Waals surface area contributed by atoms with Crippen LogP contribution in [0.1, 0.15) is 73.6 Å². The van der Waals surface area contributed by atoms with Crippen molar-refractivity contribution in [2.75, 3.05) is 6.54 Å². The third kappa shape index (κ3) is 6.81. The molecule has 2 amide bonds. The van der Waals surface area contributed by atoms with Crippen molar-refractivity contribution in [1.29, 1.82) is 0 Å². The van der Waals surface area contributed by atoms with Gasteiger partial charge in [-0.05, 0) is 52.7 Å². The molecule has 1 heterocycles. The summed E-state index contributed by atoms with van der Waals surface area (Å²) in [5, 5.41) is 3.00. The first-order valence-electron chi connectivity index (χ1n) is 11.6. The van der Waals surface area contributed by atoms with Crippen LogP contribution in [0, 0.1) is 5.41 Å². The maximum atomic E-state index is 13.1. The molecule has 0 spiro atoms. The van der Waals surface area contributed by atoms with Crippen LogP contribution in [0.25, 0.3) is 11.0 Å². The summed E-state index contributed by atoms with van der Waals surface area (Å²) in [5.74, 6) is 1.17. The van der Waals surface area contributed by atoms with Crippen LogP contribution in [0.5, 0.6) is 0 Å². The summed E-state index contributed by atoms with van der Waals surface area (Å²) in [6.45, 7) is 15.0. The first-order valence-corrected chi connectivity index (χ1v) is 11.6. The number of imidazole rings is 1. The number of aromatic nitrogens is 2. The predicted molar refractivity (Wildman–Crippen MR) is 127 cm³/mol. The van der Waals surface area contributed by atoms with Crippen molar-refractivity contribution in [2.24, 2.45) is 5.41 Å². The van der Waals surface area contributed by atoms with Gasteiger partial charge in [0.25, 0.3) is 0 Å². The van der Waals surface area contributed by atoms with E-state index in [-0.39, 0.29) is 29.3 Å². The lowest BCUT2D eigenvalue weighted by Gasteiger charge is -2.31. The molecule has 6 heteroatoms. The molecular weight excluding hydrogens is 388 g/mol. The highest BCUT2D eigenvalue weighted by Crippen LogP contribution is 2.19. The Bertz CT molecular complexity index is 869. The molecule has 0 aliphatic rings. The second kappa shape index (κ2) is 10.8. The van der Waals surface area contributed by atoms with Crippen molar-refractivity contribution in [1.82, 2.24) is 19.8 Å². The Morgan fingerprint density at radius 3 is 2.29 bits per heavy atom. The summed E-state index contributed by atoms with van der Waals surface area (Å²) in [4.78, 5) is 31.8. The molecule has 2 aromatic rings. The summed E-state index contributed by atoms with van der Waals surface area (Å²) in [5.41, 5.74) is 1.59. The molecule has 0 saturated carbocycles. The number of para-hydroxylation sites is 2. The minimum absolute atomic E-state index is 0.0904. The molecule has 0 aliphatic heterocycles. The quantitative estimate of drug-likeness (QED) is 0.564. The highest BCUT2D eigenvalue weighted by atomic mass is 16.2. The molecule has 6 nitrogen and oxygen atoms in total. The lowest BCUT2D eigenvalue weighted by molar-refractivity contribution is -0.135. The average molecular weight is 429 g/mol. The van der Waals surface area contributed by atoms with Gasteiger partial charge in [0, 0.05) is 30.5 Å². The van der Waals surface area contributed by atoms with Crippen LogP contribution in [-0.2, 0) is 22.6 Å². The van der Waals surface area contributed by atoms with Gasteiger partial charge >= 0.3 is 0 Å². The fraction of sp³-hybridized carbons (Fsp3) is 0.640. The minimum Gasteiger partial charge on any atom is -0.356 e. The molecule has 0 atom stereocenters. The van der Waals surface area contributed by atoms with Gasteiger partial charge in [-0.1, -0.05) is 39.3 Å². The van der Waals surface area contributed by atoms with Gasteiger partial charge in [-0.15, -0.1) is 0 Å². The Balaban J connectivity index is 2.02. The van der Waals surface area contributed by atoms with Crippen LogP contribution >= 0.6 is 0 Å². The van der Waals surface area contributed by atoms with Gasteiger partial charge in [-0.2, -0.15) is 0 Å². The van der Waals surface area contributed by atoms with E-state index in [2.05, 4.69) is 37.6 Å². The lowest BCUT2D eigenvalue weighted by Crippen LogP contribution is -2.43. The summed E-state index contributed by atoms with van der Waals surface area (Å²) in [7, 11) is 0. The number of nitrogens with zero attached hydrogens (tertiary/aromatic N) is 3. The van der Waals surface area contributed by atoms with Crippen LogP contribution in [0.2, 0.25) is 0 Å². The number of hydrogen-bond donors (Lipinski definition) is 1. The Morgan fingerprint density at radius 1 is 1.03 bits per heavy atom. The van der Waals surface area contributed by atoms with Crippen LogP contribution in [0.15, 0.2) is 24.3 Å². The van der Waals surface area contributed by atoms with E-state index in [1.165, 1.54) is 0 Å². The smallest absolute Gasteiger partial charge is 0.243 e. The third-order valence-corrected chi connectivity index (χ3v) is 5.47. The molecule has 1 aromatic carbocycles. The van der Waals surface area contributed by atoms with Crippen molar-refractivity contribution in [3.63, 3.8) is 0 Å². The van der Waals surface area contributed by atoms with Crippen molar-refractivity contribution in [3.05, 3.63) is 30.1 Å². The zero-order chi connectivity index (χ0) is 23.2. The van der Waals surface area contributed by atoms with Crippen LogP contribution < -0.4 is 5.32 Å². The molecule has 0 radical (unpaired) electrons. The average Bonchev–Trinajstić information content (AvgIpc) is 3.00. The van der Waals surface area contributed by atoms with E-state index >= 15 is 0 Å². The monoisotopic (exact) mass is 428 g/mol. The van der Waals surface area contributed by atoms with Crippen molar-refractivity contribution >= 4 is 22.8 Å². The first kappa shape index (κ1) is 24.9. The predicted octanol–water partition coefficient (Wildman–Crippen LogP) is 4.56. The number of unbranched alkanes of at least 4 members (excludes halogenated alkanes) is 2. The number of rotatable bonds is 10. The summed E-state index contributed by atoms with van der Waals surface area (Å²) >= 11 is 0. The molecule has 1 aromatic heterocycles. The molecule has 0 aliphatic carbocycles. The SMILES string of the molecule is CC(C)N(C(=O)Cn1c(CCCCCNC(=O)C(C)(C)C)nc2ccccc21)C(C)C. The number of aryl methyl sites for hydroxylation is 1. The number of hydrogen-bond acceptors (Lipinski definition) is 3. The highest BCUT2D eigenvalue weighted by Gasteiger charge is 2.23. The Kier molecular flexibility index (Phi) is 8.66. The van der Waals surface area contributed by atoms with Crippen LogP contribution in [0.4, 0.5) is 0 Å². The highest BCUT2D eigenvalue weighted by molar-refractivity contribution is 5.82. The Hall–Kier alpha value is -2.37. The van der Waals surface area contributed by atoms with Gasteiger partial charge < -0.3 is 14.8 Å². The molecule has 172 valence electrons. The van der Waals surface area contributed by atoms with Gasteiger partial charge in [0.1, 0.15) is 12.4 Å². The van der Waals surface area contributed by atoms with Crippen molar-refractivity contribution < 1.29 is 9.59 Å². The minimum atomic E-state index is -0.350.